The van der Waals surface area contributed by atoms with Crippen molar-refractivity contribution in [2.24, 2.45) is 0 Å². The first-order valence-corrected chi connectivity index (χ1v) is 7.89. The number of nitro groups is 1. The van der Waals surface area contributed by atoms with Crippen LogP contribution in [0.4, 0.5) is 11.4 Å². The van der Waals surface area contributed by atoms with Gasteiger partial charge in [0.15, 0.2) is 11.5 Å². The molecular formula is C17H14N4O5. The molecule has 0 atom stereocenters. The zero-order valence-electron chi connectivity index (χ0n) is 13.5. The molecule has 2 aromatic carbocycles. The van der Waals surface area contributed by atoms with E-state index in [9.17, 15) is 14.9 Å². The van der Waals surface area contributed by atoms with Crippen molar-refractivity contribution < 1.29 is 19.2 Å². The Morgan fingerprint density at radius 1 is 1.23 bits per heavy atom. The summed E-state index contributed by atoms with van der Waals surface area (Å²) in [6, 6.07) is 9.73. The quantitative estimate of drug-likeness (QED) is 0.569. The highest BCUT2D eigenvalue weighted by atomic mass is 16.6. The van der Waals surface area contributed by atoms with E-state index in [0.29, 0.717) is 41.4 Å². The number of non-ortho nitro benzene ring substituents is 1. The SMILES string of the molecule is O=C(Cn1cnc2cccc([N+](=O)[O-])c21)Nc1ccc2c(c1)OCCO2. The number of para-hydroxylation sites is 1. The molecule has 0 fully saturated rings. The monoisotopic (exact) mass is 354 g/mol. The van der Waals surface area contributed by atoms with Crippen LogP contribution in [0.5, 0.6) is 11.5 Å². The first kappa shape index (κ1) is 15.9. The molecule has 0 bridgehead atoms. The van der Waals surface area contributed by atoms with E-state index in [1.165, 1.54) is 17.0 Å². The summed E-state index contributed by atoms with van der Waals surface area (Å²) in [7, 11) is 0. The fourth-order valence-corrected chi connectivity index (χ4v) is 2.85. The lowest BCUT2D eigenvalue weighted by Gasteiger charge is -2.19. The van der Waals surface area contributed by atoms with E-state index in [1.807, 2.05) is 0 Å². The predicted octanol–water partition coefficient (Wildman–Crippen LogP) is 2.35. The Morgan fingerprint density at radius 2 is 2.04 bits per heavy atom. The second kappa shape index (κ2) is 6.36. The third kappa shape index (κ3) is 2.90. The van der Waals surface area contributed by atoms with Gasteiger partial charge in [0.2, 0.25) is 5.91 Å². The number of nitrogens with zero attached hydrogens (tertiary/aromatic N) is 3. The van der Waals surface area contributed by atoms with Gasteiger partial charge in [-0.1, -0.05) is 6.07 Å². The molecule has 0 aliphatic carbocycles. The van der Waals surface area contributed by atoms with Gasteiger partial charge in [0.1, 0.15) is 25.3 Å². The van der Waals surface area contributed by atoms with Crippen LogP contribution in [-0.2, 0) is 11.3 Å². The molecule has 0 unspecified atom stereocenters. The molecule has 26 heavy (non-hydrogen) atoms. The summed E-state index contributed by atoms with van der Waals surface area (Å²) in [5.74, 6) is 0.863. The maximum absolute atomic E-state index is 12.4. The summed E-state index contributed by atoms with van der Waals surface area (Å²) >= 11 is 0. The number of benzene rings is 2. The van der Waals surface area contributed by atoms with E-state index < -0.39 is 4.92 Å². The van der Waals surface area contributed by atoms with E-state index >= 15 is 0 Å². The Labute approximate surface area is 147 Å². The normalized spacial score (nSPS) is 12.8. The number of anilines is 1. The van der Waals surface area contributed by atoms with Gasteiger partial charge in [-0.2, -0.15) is 0 Å². The van der Waals surface area contributed by atoms with Gasteiger partial charge in [0, 0.05) is 17.8 Å². The van der Waals surface area contributed by atoms with Crippen LogP contribution in [0.1, 0.15) is 0 Å². The molecule has 9 heteroatoms. The van der Waals surface area contributed by atoms with Gasteiger partial charge >= 0.3 is 0 Å². The molecule has 1 amide bonds. The summed E-state index contributed by atoms with van der Waals surface area (Å²) in [6.07, 6.45) is 1.42. The number of hydrogen-bond acceptors (Lipinski definition) is 6. The molecule has 1 N–H and O–H groups in total. The van der Waals surface area contributed by atoms with Crippen LogP contribution in [0.25, 0.3) is 11.0 Å². The Morgan fingerprint density at radius 3 is 2.85 bits per heavy atom. The molecule has 1 aliphatic rings. The average Bonchev–Trinajstić information content (AvgIpc) is 3.04. The second-order valence-corrected chi connectivity index (χ2v) is 5.68. The number of hydrogen-bond donors (Lipinski definition) is 1. The van der Waals surface area contributed by atoms with Gasteiger partial charge < -0.3 is 19.4 Å². The Bertz CT molecular complexity index is 1010. The van der Waals surface area contributed by atoms with Gasteiger partial charge in [0.25, 0.3) is 5.69 Å². The summed E-state index contributed by atoms with van der Waals surface area (Å²) in [6.45, 7) is 0.843. The molecule has 3 aromatic rings. The summed E-state index contributed by atoms with van der Waals surface area (Å²) in [4.78, 5) is 27.2. The lowest BCUT2D eigenvalue weighted by atomic mass is 10.2. The molecule has 9 nitrogen and oxygen atoms in total. The molecule has 132 valence electrons. The molecule has 0 spiro atoms. The second-order valence-electron chi connectivity index (χ2n) is 5.68. The highest BCUT2D eigenvalue weighted by Crippen LogP contribution is 2.32. The number of amides is 1. The number of rotatable bonds is 4. The molecule has 0 radical (unpaired) electrons. The highest BCUT2D eigenvalue weighted by molar-refractivity contribution is 5.93. The minimum absolute atomic E-state index is 0.0906. The predicted molar refractivity (Wildman–Crippen MR) is 92.4 cm³/mol. The number of carbonyl (C=O) groups excluding carboxylic acids is 1. The van der Waals surface area contributed by atoms with Gasteiger partial charge in [-0.15, -0.1) is 0 Å². The highest BCUT2D eigenvalue weighted by Gasteiger charge is 2.18. The third-order valence-electron chi connectivity index (χ3n) is 3.95. The number of fused-ring (bicyclic) bond motifs is 2. The van der Waals surface area contributed by atoms with E-state index in [0.717, 1.165) is 0 Å². The maximum atomic E-state index is 12.4. The standard InChI is InChI=1S/C17H14N4O5/c22-16(19-11-4-5-14-15(8-11)26-7-6-25-14)9-20-10-18-12-2-1-3-13(17(12)20)21(23)24/h1-5,8,10H,6-7,9H2,(H,19,22). The first-order valence-electron chi connectivity index (χ1n) is 7.89. The lowest BCUT2D eigenvalue weighted by molar-refractivity contribution is -0.383. The number of nitro benzene ring substituents is 1. The number of imidazole rings is 1. The Balaban J connectivity index is 1.55. The largest absolute Gasteiger partial charge is 0.486 e. The molecular weight excluding hydrogens is 340 g/mol. The first-order chi connectivity index (χ1) is 12.6. The van der Waals surface area contributed by atoms with Gasteiger partial charge in [0.05, 0.1) is 16.8 Å². The smallest absolute Gasteiger partial charge is 0.295 e. The van der Waals surface area contributed by atoms with E-state index in [4.69, 9.17) is 9.47 Å². The van der Waals surface area contributed by atoms with Crippen molar-refractivity contribution in [2.45, 2.75) is 6.54 Å². The minimum atomic E-state index is -0.487. The topological polar surface area (TPSA) is 109 Å². The summed E-state index contributed by atoms with van der Waals surface area (Å²) < 4.78 is 12.4. The Kier molecular flexibility index (Phi) is 3.88. The summed E-state index contributed by atoms with van der Waals surface area (Å²) in [5, 5.41) is 14.0. The number of aromatic nitrogens is 2. The molecule has 1 aromatic heterocycles. The summed E-state index contributed by atoms with van der Waals surface area (Å²) in [5.41, 5.74) is 1.24. The van der Waals surface area contributed by atoms with Crippen LogP contribution in [0.15, 0.2) is 42.7 Å². The fourth-order valence-electron chi connectivity index (χ4n) is 2.85. The van der Waals surface area contributed by atoms with Crippen molar-refractivity contribution in [3.8, 4) is 11.5 Å². The van der Waals surface area contributed by atoms with Crippen LogP contribution < -0.4 is 14.8 Å². The lowest BCUT2D eigenvalue weighted by Crippen LogP contribution is -2.19. The molecule has 0 saturated heterocycles. The molecule has 2 heterocycles. The van der Waals surface area contributed by atoms with Gasteiger partial charge in [-0.25, -0.2) is 4.98 Å². The Hall–Kier alpha value is -3.62. The van der Waals surface area contributed by atoms with Crippen molar-refractivity contribution in [2.75, 3.05) is 18.5 Å². The average molecular weight is 354 g/mol. The minimum Gasteiger partial charge on any atom is -0.486 e. The molecule has 0 saturated carbocycles. The van der Waals surface area contributed by atoms with Crippen LogP contribution in [0.2, 0.25) is 0 Å². The van der Waals surface area contributed by atoms with E-state index in [-0.39, 0.29) is 18.1 Å². The van der Waals surface area contributed by atoms with Gasteiger partial charge in [-0.3, -0.25) is 14.9 Å². The number of ether oxygens (including phenoxy) is 2. The zero-order chi connectivity index (χ0) is 18.1. The number of nitrogens with one attached hydrogen (secondary N) is 1. The maximum Gasteiger partial charge on any atom is 0.295 e. The van der Waals surface area contributed by atoms with E-state index in [2.05, 4.69) is 10.3 Å². The van der Waals surface area contributed by atoms with Crippen LogP contribution >= 0.6 is 0 Å². The molecule has 4 rings (SSSR count). The number of carbonyl (C=O) groups is 1. The third-order valence-corrected chi connectivity index (χ3v) is 3.95. The van der Waals surface area contributed by atoms with E-state index in [1.54, 1.807) is 30.3 Å². The van der Waals surface area contributed by atoms with Crippen molar-refractivity contribution >= 4 is 28.3 Å². The van der Waals surface area contributed by atoms with Gasteiger partial charge in [-0.05, 0) is 18.2 Å². The van der Waals surface area contributed by atoms with Crippen LogP contribution in [0, 0.1) is 10.1 Å². The van der Waals surface area contributed by atoms with Crippen molar-refractivity contribution in [1.82, 2.24) is 9.55 Å². The molecule has 1 aliphatic heterocycles. The van der Waals surface area contributed by atoms with Crippen molar-refractivity contribution in [1.29, 1.82) is 0 Å². The fraction of sp³-hybridized carbons (Fsp3) is 0.176. The van der Waals surface area contributed by atoms with Crippen LogP contribution in [-0.4, -0.2) is 33.6 Å². The van der Waals surface area contributed by atoms with Crippen molar-refractivity contribution in [3.63, 3.8) is 0 Å². The van der Waals surface area contributed by atoms with Crippen LogP contribution in [0.3, 0.4) is 0 Å². The zero-order valence-corrected chi connectivity index (χ0v) is 13.5. The van der Waals surface area contributed by atoms with Crippen molar-refractivity contribution in [3.05, 3.63) is 52.8 Å².